The van der Waals surface area contributed by atoms with E-state index in [1.54, 1.807) is 11.9 Å². The van der Waals surface area contributed by atoms with Gasteiger partial charge in [0, 0.05) is 17.6 Å². The Balaban J connectivity index is 1.65. The lowest BCUT2D eigenvalue weighted by Gasteiger charge is -2.23. The molecule has 4 rings (SSSR count). The van der Waals surface area contributed by atoms with Gasteiger partial charge >= 0.3 is 0 Å². The highest BCUT2D eigenvalue weighted by Crippen LogP contribution is 2.40. The summed E-state index contributed by atoms with van der Waals surface area (Å²) in [7, 11) is 0. The molecule has 0 aliphatic carbocycles. The Morgan fingerprint density at radius 1 is 0.750 bits per heavy atom. The molecule has 1 N–H and O–H groups in total. The highest BCUT2D eigenvalue weighted by Gasteiger charge is 2.29. The molecule has 1 atom stereocenters. The van der Waals surface area contributed by atoms with Crippen LogP contribution in [0.4, 0.5) is 11.4 Å². The van der Waals surface area contributed by atoms with E-state index in [-0.39, 0.29) is 6.17 Å². The summed E-state index contributed by atoms with van der Waals surface area (Å²) in [6.45, 7) is 0. The number of anilines is 2. The third-order valence-corrected chi connectivity index (χ3v) is 4.77. The van der Waals surface area contributed by atoms with Gasteiger partial charge in [0.25, 0.3) is 0 Å². The summed E-state index contributed by atoms with van der Waals surface area (Å²) in [5.41, 5.74) is 3.37. The zero-order valence-corrected chi connectivity index (χ0v) is 13.9. The lowest BCUT2D eigenvalue weighted by molar-refractivity contribution is 0.797. The fourth-order valence-corrected chi connectivity index (χ4v) is 3.63. The van der Waals surface area contributed by atoms with Crippen LogP contribution in [0.2, 0.25) is 0 Å². The zero-order chi connectivity index (χ0) is 16.2. The number of aliphatic imine (C=N–C) groups is 1. The van der Waals surface area contributed by atoms with Crippen LogP contribution in [-0.2, 0) is 0 Å². The van der Waals surface area contributed by atoms with Crippen LogP contribution in [0.25, 0.3) is 0 Å². The van der Waals surface area contributed by atoms with Gasteiger partial charge in [0.15, 0.2) is 11.3 Å². The molecule has 3 aromatic carbocycles. The molecule has 4 heteroatoms. The zero-order valence-electron chi connectivity index (χ0n) is 13.0. The molecule has 0 radical (unpaired) electrons. The van der Waals surface area contributed by atoms with E-state index in [4.69, 9.17) is 4.99 Å². The van der Waals surface area contributed by atoms with Gasteiger partial charge in [-0.1, -0.05) is 66.7 Å². The monoisotopic (exact) mass is 331 g/mol. The normalized spacial score (nSPS) is 16.8. The number of amidine groups is 1. The third-order valence-electron chi connectivity index (χ3n) is 3.78. The third kappa shape index (κ3) is 3.14. The van der Waals surface area contributed by atoms with Crippen LogP contribution < -0.4 is 9.62 Å². The Kier molecular flexibility index (Phi) is 4.21. The summed E-state index contributed by atoms with van der Waals surface area (Å²) in [5, 5.41) is 4.31. The molecule has 1 aliphatic rings. The van der Waals surface area contributed by atoms with Crippen LogP contribution in [0.15, 0.2) is 96.0 Å². The Morgan fingerprint density at radius 2 is 1.33 bits per heavy atom. The van der Waals surface area contributed by atoms with Crippen LogP contribution >= 0.6 is 11.9 Å². The van der Waals surface area contributed by atoms with E-state index in [9.17, 15) is 0 Å². The topological polar surface area (TPSA) is 27.6 Å². The summed E-state index contributed by atoms with van der Waals surface area (Å²) in [5.74, 6) is 0. The summed E-state index contributed by atoms with van der Waals surface area (Å²) >= 11 is 1.63. The first kappa shape index (κ1) is 14.8. The SMILES string of the molecule is c1ccc(NC2=NC(c3ccccc3)N(c3ccccc3)S2)cc1. The molecule has 1 unspecified atom stereocenters. The lowest BCUT2D eigenvalue weighted by atomic mass is 10.1. The van der Waals surface area contributed by atoms with Crippen molar-refractivity contribution in [2.45, 2.75) is 6.17 Å². The van der Waals surface area contributed by atoms with Crippen molar-refractivity contribution in [2.24, 2.45) is 4.99 Å². The summed E-state index contributed by atoms with van der Waals surface area (Å²) < 4.78 is 2.24. The van der Waals surface area contributed by atoms with E-state index in [0.717, 1.165) is 16.5 Å². The van der Waals surface area contributed by atoms with Gasteiger partial charge in [-0.15, -0.1) is 0 Å². The molecule has 118 valence electrons. The van der Waals surface area contributed by atoms with Gasteiger partial charge in [0.1, 0.15) is 0 Å². The number of nitrogens with one attached hydrogen (secondary N) is 1. The van der Waals surface area contributed by atoms with Gasteiger partial charge in [-0.25, -0.2) is 4.99 Å². The number of benzene rings is 3. The molecule has 0 bridgehead atoms. The molecule has 3 nitrogen and oxygen atoms in total. The van der Waals surface area contributed by atoms with Gasteiger partial charge in [-0.2, -0.15) is 0 Å². The van der Waals surface area contributed by atoms with E-state index >= 15 is 0 Å². The summed E-state index contributed by atoms with van der Waals surface area (Å²) in [4.78, 5) is 4.91. The van der Waals surface area contributed by atoms with E-state index in [0.29, 0.717) is 0 Å². The standard InChI is InChI=1S/C20H17N3S/c1-4-10-16(11-5-1)19-22-20(21-17-12-6-2-7-13-17)24-23(19)18-14-8-3-9-15-18/h1-15,19H,(H,21,22). The molecule has 0 saturated carbocycles. The van der Waals surface area contributed by atoms with E-state index in [1.165, 1.54) is 5.56 Å². The summed E-state index contributed by atoms with van der Waals surface area (Å²) in [6.07, 6.45) is -0.0372. The van der Waals surface area contributed by atoms with Crippen LogP contribution in [0.1, 0.15) is 11.7 Å². The van der Waals surface area contributed by atoms with Crippen molar-refractivity contribution in [3.63, 3.8) is 0 Å². The maximum absolute atomic E-state index is 4.91. The largest absolute Gasteiger partial charge is 0.333 e. The van der Waals surface area contributed by atoms with Crippen molar-refractivity contribution in [1.29, 1.82) is 0 Å². The molecule has 0 spiro atoms. The number of hydrogen-bond acceptors (Lipinski definition) is 4. The fraction of sp³-hybridized carbons (Fsp3) is 0.0500. The maximum Gasteiger partial charge on any atom is 0.184 e. The van der Waals surface area contributed by atoms with Crippen LogP contribution in [0.3, 0.4) is 0 Å². The molecular formula is C20H17N3S. The van der Waals surface area contributed by atoms with Crippen molar-refractivity contribution >= 4 is 28.5 Å². The minimum absolute atomic E-state index is 0.0372. The maximum atomic E-state index is 4.91. The molecule has 1 aliphatic heterocycles. The quantitative estimate of drug-likeness (QED) is 0.658. The minimum atomic E-state index is -0.0372. The minimum Gasteiger partial charge on any atom is -0.333 e. The highest BCUT2D eigenvalue weighted by molar-refractivity contribution is 8.15. The van der Waals surface area contributed by atoms with E-state index in [1.807, 2.05) is 42.5 Å². The second-order valence-electron chi connectivity index (χ2n) is 5.46. The molecular weight excluding hydrogens is 314 g/mol. The lowest BCUT2D eigenvalue weighted by Crippen LogP contribution is -2.16. The first-order valence-electron chi connectivity index (χ1n) is 7.87. The average molecular weight is 331 g/mol. The van der Waals surface area contributed by atoms with Crippen molar-refractivity contribution in [3.8, 4) is 0 Å². The predicted molar refractivity (Wildman–Crippen MR) is 103 cm³/mol. The Morgan fingerprint density at radius 3 is 2.00 bits per heavy atom. The van der Waals surface area contributed by atoms with Crippen LogP contribution in [-0.4, -0.2) is 5.17 Å². The van der Waals surface area contributed by atoms with Crippen LogP contribution in [0, 0.1) is 0 Å². The molecule has 3 aromatic rings. The number of nitrogens with zero attached hydrogens (tertiary/aromatic N) is 2. The van der Waals surface area contributed by atoms with E-state index < -0.39 is 0 Å². The van der Waals surface area contributed by atoms with Gasteiger partial charge in [0.2, 0.25) is 0 Å². The second-order valence-corrected chi connectivity index (χ2v) is 6.42. The molecule has 0 fully saturated rings. The van der Waals surface area contributed by atoms with Gasteiger partial charge in [-0.05, 0) is 29.8 Å². The first-order valence-corrected chi connectivity index (χ1v) is 8.64. The molecule has 0 saturated heterocycles. The van der Waals surface area contributed by atoms with Crippen LogP contribution in [0.5, 0.6) is 0 Å². The number of para-hydroxylation sites is 2. The highest BCUT2D eigenvalue weighted by atomic mass is 32.2. The molecule has 24 heavy (non-hydrogen) atoms. The molecule has 0 aromatic heterocycles. The van der Waals surface area contributed by atoms with E-state index in [2.05, 4.69) is 58.2 Å². The number of hydrogen-bond donors (Lipinski definition) is 1. The van der Waals surface area contributed by atoms with Gasteiger partial charge in [-0.3, -0.25) is 4.31 Å². The predicted octanol–water partition coefficient (Wildman–Crippen LogP) is 5.32. The van der Waals surface area contributed by atoms with Crippen molar-refractivity contribution < 1.29 is 0 Å². The van der Waals surface area contributed by atoms with Crippen molar-refractivity contribution in [2.75, 3.05) is 9.62 Å². The summed E-state index contributed by atoms with van der Waals surface area (Å²) in [6, 6.07) is 30.9. The first-order chi connectivity index (χ1) is 11.9. The number of rotatable bonds is 3. The van der Waals surface area contributed by atoms with Gasteiger partial charge < -0.3 is 5.32 Å². The van der Waals surface area contributed by atoms with Gasteiger partial charge in [0.05, 0.1) is 5.69 Å². The average Bonchev–Trinajstić information content (AvgIpc) is 3.08. The second kappa shape index (κ2) is 6.81. The van der Waals surface area contributed by atoms with Crippen molar-refractivity contribution in [1.82, 2.24) is 0 Å². The molecule has 1 heterocycles. The Bertz CT molecular complexity index is 819. The Hall–Kier alpha value is -2.72. The smallest absolute Gasteiger partial charge is 0.184 e. The Labute approximate surface area is 146 Å². The fourth-order valence-electron chi connectivity index (χ4n) is 2.63. The van der Waals surface area contributed by atoms with Crippen molar-refractivity contribution in [3.05, 3.63) is 96.6 Å². The molecule has 0 amide bonds.